The number of Topliss-reactive ketones (excluding diaryl/α,β-unsaturated/α-hetero) is 1. The van der Waals surface area contributed by atoms with E-state index < -0.39 is 6.04 Å². The van der Waals surface area contributed by atoms with E-state index in [1.165, 1.54) is 11.1 Å². The van der Waals surface area contributed by atoms with Gasteiger partial charge in [-0.3, -0.25) is 4.79 Å². The number of nitrogens with zero attached hydrogens (tertiary/aromatic N) is 3. The molecular weight excluding hydrogens is 364 g/mol. The molecule has 5 rings (SSSR count). The zero-order chi connectivity index (χ0) is 20.1. The minimum Gasteiger partial charge on any atom is -0.508 e. The van der Waals surface area contributed by atoms with Gasteiger partial charge in [-0.05, 0) is 61.6 Å². The Kier molecular flexibility index (Phi) is 4.01. The third-order valence-electron chi connectivity index (χ3n) is 5.82. The highest BCUT2D eigenvalue weighted by Gasteiger charge is 2.37. The number of hydrogen-bond donors (Lipinski definition) is 2. The molecule has 0 amide bonds. The second-order valence-corrected chi connectivity index (χ2v) is 7.79. The van der Waals surface area contributed by atoms with E-state index in [-0.39, 0.29) is 11.5 Å². The monoisotopic (exact) mass is 386 g/mol. The molecule has 0 saturated heterocycles. The predicted octanol–water partition coefficient (Wildman–Crippen LogP) is 4.29. The van der Waals surface area contributed by atoms with E-state index in [1.807, 2.05) is 12.1 Å². The molecule has 1 aliphatic carbocycles. The van der Waals surface area contributed by atoms with Gasteiger partial charge in [-0.2, -0.15) is 4.98 Å². The van der Waals surface area contributed by atoms with E-state index in [0.717, 1.165) is 35.2 Å². The second-order valence-electron chi connectivity index (χ2n) is 7.79. The molecule has 2 N–H and O–H groups in total. The Morgan fingerprint density at radius 3 is 2.76 bits per heavy atom. The standard InChI is InChI=1S/C23H22N4O2/c1-13-9-10-16(11-14(13)2)22-25-23-24-18-7-4-8-19(29)20(18)21(27(23)26-22)15-5-3-6-17(28)12-15/h3,5-6,9-12,21,28H,4,7-8H2,1-2H3,(H,24,25,26). The SMILES string of the molecule is Cc1ccc(-c2nc3n(n2)C(c2cccc(O)c2)C2=C(CCCC2=O)N3)cc1C. The lowest BCUT2D eigenvalue weighted by Crippen LogP contribution is -2.31. The largest absolute Gasteiger partial charge is 0.508 e. The number of hydrogen-bond acceptors (Lipinski definition) is 5. The molecule has 1 atom stereocenters. The molecule has 0 spiro atoms. The number of rotatable bonds is 2. The summed E-state index contributed by atoms with van der Waals surface area (Å²) in [5.41, 5.74) is 5.81. The number of carbonyl (C=O) groups is 1. The lowest BCUT2D eigenvalue weighted by molar-refractivity contribution is -0.116. The molecule has 1 aromatic heterocycles. The van der Waals surface area contributed by atoms with Crippen molar-refractivity contribution in [2.24, 2.45) is 0 Å². The molecule has 6 heteroatoms. The Morgan fingerprint density at radius 1 is 1.10 bits per heavy atom. The summed E-state index contributed by atoms with van der Waals surface area (Å²) in [5.74, 6) is 1.54. The minimum absolute atomic E-state index is 0.126. The number of fused-ring (bicyclic) bond motifs is 1. The molecule has 1 aliphatic heterocycles. The fourth-order valence-corrected chi connectivity index (χ4v) is 4.16. The lowest BCUT2D eigenvalue weighted by Gasteiger charge is -2.32. The summed E-state index contributed by atoms with van der Waals surface area (Å²) in [5, 5.41) is 18.2. The van der Waals surface area contributed by atoms with E-state index >= 15 is 0 Å². The molecule has 6 nitrogen and oxygen atoms in total. The molecule has 1 unspecified atom stereocenters. The quantitative estimate of drug-likeness (QED) is 0.687. The predicted molar refractivity (Wildman–Crippen MR) is 111 cm³/mol. The second kappa shape index (κ2) is 6.58. The number of ketones is 1. The smallest absolute Gasteiger partial charge is 0.226 e. The third kappa shape index (κ3) is 2.92. The van der Waals surface area contributed by atoms with Crippen molar-refractivity contribution >= 4 is 11.7 Å². The summed E-state index contributed by atoms with van der Waals surface area (Å²) in [6.45, 7) is 4.15. The normalized spacial score (nSPS) is 18.3. The maximum Gasteiger partial charge on any atom is 0.226 e. The van der Waals surface area contributed by atoms with Gasteiger partial charge in [-0.1, -0.05) is 24.3 Å². The van der Waals surface area contributed by atoms with Crippen molar-refractivity contribution in [1.82, 2.24) is 14.8 Å². The van der Waals surface area contributed by atoms with Crippen LogP contribution >= 0.6 is 0 Å². The van der Waals surface area contributed by atoms with E-state index in [1.54, 1.807) is 22.9 Å². The van der Waals surface area contributed by atoms with Crippen molar-refractivity contribution in [1.29, 1.82) is 0 Å². The topological polar surface area (TPSA) is 80.0 Å². The van der Waals surface area contributed by atoms with E-state index in [9.17, 15) is 9.90 Å². The minimum atomic E-state index is -0.394. The Labute approximate surface area is 168 Å². The van der Waals surface area contributed by atoms with E-state index in [2.05, 4.69) is 31.3 Å². The first-order chi connectivity index (χ1) is 14.0. The lowest BCUT2D eigenvalue weighted by atomic mass is 9.85. The van der Waals surface area contributed by atoms with Crippen molar-refractivity contribution in [3.8, 4) is 17.1 Å². The number of allylic oxidation sites excluding steroid dienone is 2. The van der Waals surface area contributed by atoms with Crippen LogP contribution in [0.25, 0.3) is 11.4 Å². The number of carbonyl (C=O) groups excluding carboxylic acids is 1. The number of anilines is 1. The van der Waals surface area contributed by atoms with Crippen molar-refractivity contribution in [2.75, 3.05) is 5.32 Å². The van der Waals surface area contributed by atoms with Crippen LogP contribution in [-0.2, 0) is 4.79 Å². The fourth-order valence-electron chi connectivity index (χ4n) is 4.16. The zero-order valence-corrected chi connectivity index (χ0v) is 16.4. The number of phenols is 1. The molecule has 0 saturated carbocycles. The van der Waals surface area contributed by atoms with Crippen LogP contribution in [0.3, 0.4) is 0 Å². The number of benzene rings is 2. The molecule has 2 aliphatic rings. The van der Waals surface area contributed by atoms with Crippen molar-refractivity contribution in [2.45, 2.75) is 39.2 Å². The maximum atomic E-state index is 12.8. The van der Waals surface area contributed by atoms with Crippen molar-refractivity contribution in [3.05, 3.63) is 70.4 Å². The Balaban J connectivity index is 1.68. The molecule has 29 heavy (non-hydrogen) atoms. The highest BCUT2D eigenvalue weighted by molar-refractivity contribution is 5.99. The summed E-state index contributed by atoms with van der Waals surface area (Å²) < 4.78 is 1.78. The number of nitrogens with one attached hydrogen (secondary N) is 1. The van der Waals surface area contributed by atoms with E-state index in [0.29, 0.717) is 18.2 Å². The fraction of sp³-hybridized carbons (Fsp3) is 0.261. The maximum absolute atomic E-state index is 12.8. The van der Waals surface area contributed by atoms with Crippen LogP contribution in [-0.4, -0.2) is 25.7 Å². The van der Waals surface area contributed by atoms with Gasteiger partial charge in [-0.25, -0.2) is 4.68 Å². The third-order valence-corrected chi connectivity index (χ3v) is 5.82. The summed E-state index contributed by atoms with van der Waals surface area (Å²) in [6.07, 6.45) is 2.17. The van der Waals surface area contributed by atoms with Crippen molar-refractivity contribution in [3.63, 3.8) is 0 Å². The Hall–Kier alpha value is -3.41. The summed E-state index contributed by atoms with van der Waals surface area (Å²) in [7, 11) is 0. The van der Waals surface area contributed by atoms with Gasteiger partial charge in [0, 0.05) is 23.3 Å². The van der Waals surface area contributed by atoms with Crippen LogP contribution in [0.4, 0.5) is 5.95 Å². The summed E-state index contributed by atoms with van der Waals surface area (Å²) >= 11 is 0. The zero-order valence-electron chi connectivity index (χ0n) is 16.4. The van der Waals surface area contributed by atoms with Crippen LogP contribution in [0.2, 0.25) is 0 Å². The van der Waals surface area contributed by atoms with Gasteiger partial charge in [0.2, 0.25) is 5.95 Å². The van der Waals surface area contributed by atoms with Gasteiger partial charge in [0.05, 0.1) is 0 Å². The summed E-state index contributed by atoms with van der Waals surface area (Å²) in [4.78, 5) is 17.6. The van der Waals surface area contributed by atoms with Gasteiger partial charge in [0.15, 0.2) is 11.6 Å². The van der Waals surface area contributed by atoms with Crippen LogP contribution < -0.4 is 5.32 Å². The highest BCUT2D eigenvalue weighted by Crippen LogP contribution is 2.41. The van der Waals surface area contributed by atoms with Gasteiger partial charge >= 0.3 is 0 Å². The first-order valence-electron chi connectivity index (χ1n) is 9.87. The number of aromatic hydroxyl groups is 1. The molecule has 2 aromatic carbocycles. The molecule has 146 valence electrons. The number of aryl methyl sites for hydroxylation is 2. The van der Waals surface area contributed by atoms with Crippen LogP contribution in [0.5, 0.6) is 5.75 Å². The van der Waals surface area contributed by atoms with Gasteiger partial charge in [0.25, 0.3) is 0 Å². The molecule has 0 radical (unpaired) electrons. The van der Waals surface area contributed by atoms with Crippen LogP contribution in [0.15, 0.2) is 53.7 Å². The number of aromatic nitrogens is 3. The summed E-state index contributed by atoms with van der Waals surface area (Å²) in [6, 6.07) is 12.8. The van der Waals surface area contributed by atoms with Gasteiger partial charge in [-0.15, -0.1) is 5.10 Å². The van der Waals surface area contributed by atoms with Crippen LogP contribution in [0.1, 0.15) is 42.0 Å². The Bertz CT molecular complexity index is 1180. The van der Waals surface area contributed by atoms with Gasteiger partial charge < -0.3 is 10.4 Å². The van der Waals surface area contributed by atoms with Crippen molar-refractivity contribution < 1.29 is 9.90 Å². The Morgan fingerprint density at radius 2 is 1.97 bits per heavy atom. The highest BCUT2D eigenvalue weighted by atomic mass is 16.3. The van der Waals surface area contributed by atoms with Gasteiger partial charge in [0.1, 0.15) is 11.8 Å². The average Bonchev–Trinajstić information content (AvgIpc) is 3.12. The number of phenolic OH excluding ortho intramolecular Hbond substituents is 1. The molecular formula is C23H22N4O2. The molecule has 2 heterocycles. The van der Waals surface area contributed by atoms with E-state index in [4.69, 9.17) is 10.1 Å². The molecule has 0 fully saturated rings. The first-order valence-corrected chi connectivity index (χ1v) is 9.87. The molecule has 3 aromatic rings. The first kappa shape index (κ1) is 17.7. The molecule has 0 bridgehead atoms. The van der Waals surface area contributed by atoms with Crippen LogP contribution in [0, 0.1) is 13.8 Å². The average molecular weight is 386 g/mol.